The van der Waals surface area contributed by atoms with Crippen LogP contribution in [0.5, 0.6) is 0 Å². The van der Waals surface area contributed by atoms with Gasteiger partial charge in [0.2, 0.25) is 5.95 Å². The lowest BCUT2D eigenvalue weighted by Crippen LogP contribution is -2.03. The van der Waals surface area contributed by atoms with Crippen LogP contribution in [0.2, 0.25) is 0 Å². The molecule has 0 fully saturated rings. The molecule has 1 heterocycles. The molecule has 3 rings (SSSR count). The minimum Gasteiger partial charge on any atom is -0.369 e. The van der Waals surface area contributed by atoms with E-state index in [4.69, 9.17) is 11.0 Å². The van der Waals surface area contributed by atoms with Gasteiger partial charge in [-0.25, -0.2) is 4.98 Å². The van der Waals surface area contributed by atoms with Crippen molar-refractivity contribution in [2.24, 2.45) is 0 Å². The van der Waals surface area contributed by atoms with Gasteiger partial charge in [0.15, 0.2) is 0 Å². The molecule has 104 valence electrons. The molecule has 0 saturated heterocycles. The monoisotopic (exact) mass is 340 g/mol. The van der Waals surface area contributed by atoms with Crippen LogP contribution in [-0.4, -0.2) is 9.55 Å². The molecule has 2 N–H and O–H groups in total. The van der Waals surface area contributed by atoms with Crippen molar-refractivity contribution in [1.29, 1.82) is 5.26 Å². The van der Waals surface area contributed by atoms with Crippen LogP contribution in [-0.2, 0) is 6.42 Å². The van der Waals surface area contributed by atoms with E-state index in [0.717, 1.165) is 33.2 Å². The van der Waals surface area contributed by atoms with E-state index >= 15 is 0 Å². The molecule has 0 bridgehead atoms. The Labute approximate surface area is 131 Å². The number of benzene rings is 2. The van der Waals surface area contributed by atoms with Crippen molar-refractivity contribution < 1.29 is 0 Å². The molecular weight excluding hydrogens is 328 g/mol. The summed E-state index contributed by atoms with van der Waals surface area (Å²) >= 11 is 3.49. The molecule has 0 amide bonds. The van der Waals surface area contributed by atoms with Gasteiger partial charge in [-0.15, -0.1) is 0 Å². The van der Waals surface area contributed by atoms with Crippen molar-refractivity contribution in [2.75, 3.05) is 5.73 Å². The highest BCUT2D eigenvalue weighted by Crippen LogP contribution is 2.28. The van der Waals surface area contributed by atoms with Gasteiger partial charge in [0.1, 0.15) is 0 Å². The molecule has 0 aliphatic rings. The normalized spacial score (nSPS) is 10.7. The minimum atomic E-state index is 0.428. The summed E-state index contributed by atoms with van der Waals surface area (Å²) in [5, 5.41) is 9.09. The van der Waals surface area contributed by atoms with Crippen molar-refractivity contribution in [3.8, 4) is 11.8 Å². The van der Waals surface area contributed by atoms with Gasteiger partial charge in [-0.3, -0.25) is 4.57 Å². The molecule has 2 aromatic carbocycles. The van der Waals surface area contributed by atoms with Crippen LogP contribution in [0.1, 0.15) is 18.1 Å². The predicted octanol–water partition coefficient (Wildman–Crippen LogP) is 3.80. The number of imidazole rings is 1. The first-order valence-corrected chi connectivity index (χ1v) is 7.40. The van der Waals surface area contributed by atoms with E-state index in [-0.39, 0.29) is 0 Å². The number of nitrogen functional groups attached to an aromatic ring is 1. The first-order valence-electron chi connectivity index (χ1n) is 6.61. The summed E-state index contributed by atoms with van der Waals surface area (Å²) in [7, 11) is 0. The topological polar surface area (TPSA) is 67.6 Å². The number of anilines is 1. The van der Waals surface area contributed by atoms with Crippen molar-refractivity contribution in [1.82, 2.24) is 9.55 Å². The van der Waals surface area contributed by atoms with Crippen LogP contribution in [0.15, 0.2) is 40.9 Å². The third-order valence-corrected chi connectivity index (χ3v) is 3.97. The summed E-state index contributed by atoms with van der Waals surface area (Å²) in [5.74, 6) is 0.428. The summed E-state index contributed by atoms with van der Waals surface area (Å²) < 4.78 is 2.94. The lowest BCUT2D eigenvalue weighted by Gasteiger charge is -2.12. The summed E-state index contributed by atoms with van der Waals surface area (Å²) in [5.41, 5.74) is 10.5. The maximum Gasteiger partial charge on any atom is 0.205 e. The fourth-order valence-corrected chi connectivity index (χ4v) is 2.88. The summed E-state index contributed by atoms with van der Waals surface area (Å²) in [4.78, 5) is 4.38. The van der Waals surface area contributed by atoms with Gasteiger partial charge in [-0.2, -0.15) is 5.26 Å². The molecule has 0 atom stereocenters. The van der Waals surface area contributed by atoms with Crippen LogP contribution in [0.25, 0.3) is 16.7 Å². The van der Waals surface area contributed by atoms with Crippen LogP contribution in [0.4, 0.5) is 5.95 Å². The third kappa shape index (κ3) is 2.28. The Hall–Kier alpha value is -2.32. The molecule has 0 unspecified atom stereocenters. The van der Waals surface area contributed by atoms with Crippen LogP contribution in [0.3, 0.4) is 0 Å². The van der Waals surface area contributed by atoms with Gasteiger partial charge < -0.3 is 5.73 Å². The predicted molar refractivity (Wildman–Crippen MR) is 87.3 cm³/mol. The molecule has 1 aromatic heterocycles. The number of nitrogens with zero attached hydrogens (tertiary/aromatic N) is 3. The lowest BCUT2D eigenvalue weighted by atomic mass is 10.1. The standard InChI is InChI=1S/C16H13BrN4/c1-2-11-8-12(17)4-6-14(11)21-15-7-10(9-18)3-5-13(15)20-16(21)19/h3-8H,2H2,1H3,(H2,19,20). The Morgan fingerprint density at radius 1 is 1.29 bits per heavy atom. The average Bonchev–Trinajstić information content (AvgIpc) is 2.82. The van der Waals surface area contributed by atoms with Gasteiger partial charge in [0.25, 0.3) is 0 Å². The molecule has 21 heavy (non-hydrogen) atoms. The average molecular weight is 341 g/mol. The number of halogens is 1. The van der Waals surface area contributed by atoms with Crippen molar-refractivity contribution in [3.63, 3.8) is 0 Å². The highest BCUT2D eigenvalue weighted by Gasteiger charge is 2.13. The van der Waals surface area contributed by atoms with E-state index in [2.05, 4.69) is 40.0 Å². The zero-order chi connectivity index (χ0) is 15.0. The molecule has 5 heteroatoms. The molecular formula is C16H13BrN4. The maximum absolute atomic E-state index is 9.09. The lowest BCUT2D eigenvalue weighted by molar-refractivity contribution is 1.04. The van der Waals surface area contributed by atoms with E-state index in [0.29, 0.717) is 11.5 Å². The Morgan fingerprint density at radius 2 is 2.10 bits per heavy atom. The third-order valence-electron chi connectivity index (χ3n) is 3.47. The number of aryl methyl sites for hydroxylation is 1. The molecule has 0 saturated carbocycles. The highest BCUT2D eigenvalue weighted by atomic mass is 79.9. The number of rotatable bonds is 2. The number of hydrogen-bond donors (Lipinski definition) is 1. The van der Waals surface area contributed by atoms with E-state index in [1.165, 1.54) is 0 Å². The van der Waals surface area contributed by atoms with Crippen LogP contribution < -0.4 is 5.73 Å². The highest BCUT2D eigenvalue weighted by molar-refractivity contribution is 9.10. The fraction of sp³-hybridized carbons (Fsp3) is 0.125. The molecule has 0 aliphatic heterocycles. The Kier molecular flexibility index (Phi) is 3.40. The van der Waals surface area contributed by atoms with Gasteiger partial charge in [0, 0.05) is 4.47 Å². The summed E-state index contributed by atoms with van der Waals surface area (Å²) in [6, 6.07) is 13.6. The number of hydrogen-bond acceptors (Lipinski definition) is 3. The second kappa shape index (κ2) is 5.23. The van der Waals surface area contributed by atoms with Crippen molar-refractivity contribution in [3.05, 3.63) is 52.0 Å². The molecule has 4 nitrogen and oxygen atoms in total. The first-order chi connectivity index (χ1) is 10.1. The Morgan fingerprint density at radius 3 is 2.81 bits per heavy atom. The molecule has 0 spiro atoms. The van der Waals surface area contributed by atoms with Gasteiger partial charge in [-0.1, -0.05) is 22.9 Å². The number of nitrogens with two attached hydrogens (primary N) is 1. The van der Waals surface area contributed by atoms with Crippen LogP contribution in [0, 0.1) is 11.3 Å². The number of nitriles is 1. The van der Waals surface area contributed by atoms with E-state index in [1.807, 2.05) is 28.8 Å². The molecule has 3 aromatic rings. The second-order valence-electron chi connectivity index (χ2n) is 4.75. The zero-order valence-electron chi connectivity index (χ0n) is 11.5. The van der Waals surface area contributed by atoms with Crippen LogP contribution >= 0.6 is 15.9 Å². The van der Waals surface area contributed by atoms with Gasteiger partial charge >= 0.3 is 0 Å². The summed E-state index contributed by atoms with van der Waals surface area (Å²) in [6.45, 7) is 2.10. The number of aromatic nitrogens is 2. The maximum atomic E-state index is 9.09. The SMILES string of the molecule is CCc1cc(Br)ccc1-n1c(N)nc2ccc(C#N)cc21. The summed E-state index contributed by atoms with van der Waals surface area (Å²) in [6.07, 6.45) is 0.881. The Balaban J connectivity index is 2.34. The van der Waals surface area contributed by atoms with E-state index in [9.17, 15) is 0 Å². The quantitative estimate of drug-likeness (QED) is 0.771. The van der Waals surface area contributed by atoms with E-state index < -0.39 is 0 Å². The molecule has 0 radical (unpaired) electrons. The van der Waals surface area contributed by atoms with Crippen molar-refractivity contribution in [2.45, 2.75) is 13.3 Å². The zero-order valence-corrected chi connectivity index (χ0v) is 13.1. The number of fused-ring (bicyclic) bond motifs is 1. The first kappa shape index (κ1) is 13.7. The molecule has 0 aliphatic carbocycles. The fourth-order valence-electron chi connectivity index (χ4n) is 2.47. The van der Waals surface area contributed by atoms with E-state index in [1.54, 1.807) is 6.07 Å². The minimum absolute atomic E-state index is 0.428. The van der Waals surface area contributed by atoms with Gasteiger partial charge in [0.05, 0.1) is 28.4 Å². The van der Waals surface area contributed by atoms with Gasteiger partial charge in [-0.05, 0) is 48.4 Å². The smallest absolute Gasteiger partial charge is 0.205 e. The Bertz CT molecular complexity index is 874. The van der Waals surface area contributed by atoms with Crippen molar-refractivity contribution >= 4 is 32.9 Å². The second-order valence-corrected chi connectivity index (χ2v) is 5.66. The largest absolute Gasteiger partial charge is 0.369 e.